The van der Waals surface area contributed by atoms with E-state index in [4.69, 9.17) is 4.74 Å². The topological polar surface area (TPSA) is 41.6 Å². The van der Waals surface area contributed by atoms with E-state index in [1.54, 1.807) is 7.11 Å². The van der Waals surface area contributed by atoms with Crippen molar-refractivity contribution in [3.63, 3.8) is 0 Å². The van der Waals surface area contributed by atoms with E-state index in [-0.39, 0.29) is 6.03 Å². The predicted molar refractivity (Wildman–Crippen MR) is 66.3 cm³/mol. The summed E-state index contributed by atoms with van der Waals surface area (Å²) in [6.07, 6.45) is 1.90. The van der Waals surface area contributed by atoms with Crippen molar-refractivity contribution in [1.29, 1.82) is 0 Å². The molecule has 0 radical (unpaired) electrons. The van der Waals surface area contributed by atoms with Crippen LogP contribution in [0.15, 0.2) is 24.3 Å². The zero-order valence-electron chi connectivity index (χ0n) is 10.1. The number of nitrogens with zero attached hydrogens (tertiary/aromatic N) is 1. The molecule has 0 aromatic heterocycles. The molecule has 2 rings (SSSR count). The first-order chi connectivity index (χ1) is 8.29. The molecule has 17 heavy (non-hydrogen) atoms. The maximum absolute atomic E-state index is 11.5. The summed E-state index contributed by atoms with van der Waals surface area (Å²) in [7, 11) is 1.66. The van der Waals surface area contributed by atoms with E-state index in [1.807, 2.05) is 23.1 Å². The number of carbonyl (C=O) groups is 1. The summed E-state index contributed by atoms with van der Waals surface area (Å²) >= 11 is 0. The molecular weight excluding hydrogens is 216 g/mol. The van der Waals surface area contributed by atoms with Crippen LogP contribution in [0, 0.1) is 0 Å². The van der Waals surface area contributed by atoms with Crippen LogP contribution >= 0.6 is 0 Å². The standard InChI is InChI=1S/C13H18N2O2/c1-17-12-5-2-4-11(10-12)6-9-15-8-3-7-14-13(15)16/h2,4-5,10H,3,6-9H2,1H3,(H,14,16). The smallest absolute Gasteiger partial charge is 0.317 e. The fourth-order valence-corrected chi connectivity index (χ4v) is 1.98. The van der Waals surface area contributed by atoms with Gasteiger partial charge in [-0.05, 0) is 30.5 Å². The second-order valence-corrected chi connectivity index (χ2v) is 4.17. The average molecular weight is 234 g/mol. The molecule has 0 spiro atoms. The Kier molecular flexibility index (Phi) is 3.85. The van der Waals surface area contributed by atoms with Crippen molar-refractivity contribution in [1.82, 2.24) is 10.2 Å². The summed E-state index contributed by atoms with van der Waals surface area (Å²) in [5, 5.41) is 2.85. The molecule has 0 atom stereocenters. The lowest BCUT2D eigenvalue weighted by Crippen LogP contribution is -2.47. The Morgan fingerprint density at radius 3 is 3.12 bits per heavy atom. The van der Waals surface area contributed by atoms with Gasteiger partial charge < -0.3 is 15.0 Å². The molecule has 0 saturated carbocycles. The van der Waals surface area contributed by atoms with Crippen molar-refractivity contribution in [2.24, 2.45) is 0 Å². The number of methoxy groups -OCH3 is 1. The Labute approximate surface area is 102 Å². The van der Waals surface area contributed by atoms with E-state index >= 15 is 0 Å². The highest BCUT2D eigenvalue weighted by Crippen LogP contribution is 2.13. The van der Waals surface area contributed by atoms with Gasteiger partial charge in [-0.25, -0.2) is 4.79 Å². The molecule has 1 fully saturated rings. The Balaban J connectivity index is 1.90. The summed E-state index contributed by atoms with van der Waals surface area (Å²) < 4.78 is 5.17. The van der Waals surface area contributed by atoms with Crippen LogP contribution in [0.3, 0.4) is 0 Å². The van der Waals surface area contributed by atoms with Crippen LogP contribution in [0.4, 0.5) is 4.79 Å². The van der Waals surface area contributed by atoms with E-state index in [0.717, 1.165) is 38.2 Å². The summed E-state index contributed by atoms with van der Waals surface area (Å²) in [4.78, 5) is 13.4. The van der Waals surface area contributed by atoms with Crippen molar-refractivity contribution in [2.75, 3.05) is 26.7 Å². The molecule has 0 aliphatic carbocycles. The Bertz CT molecular complexity index is 393. The third-order valence-corrected chi connectivity index (χ3v) is 2.97. The second kappa shape index (κ2) is 5.57. The van der Waals surface area contributed by atoms with Crippen LogP contribution in [0.5, 0.6) is 5.75 Å². The van der Waals surface area contributed by atoms with Crippen molar-refractivity contribution >= 4 is 6.03 Å². The number of urea groups is 1. The first-order valence-corrected chi connectivity index (χ1v) is 5.95. The number of nitrogens with one attached hydrogen (secondary N) is 1. The predicted octanol–water partition coefficient (Wildman–Crippen LogP) is 1.65. The van der Waals surface area contributed by atoms with Crippen LogP contribution < -0.4 is 10.1 Å². The highest BCUT2D eigenvalue weighted by molar-refractivity contribution is 5.74. The fraction of sp³-hybridized carbons (Fsp3) is 0.462. The molecule has 1 aliphatic rings. The zero-order chi connectivity index (χ0) is 12.1. The van der Waals surface area contributed by atoms with Crippen LogP contribution in [0.1, 0.15) is 12.0 Å². The first kappa shape index (κ1) is 11.8. The van der Waals surface area contributed by atoms with E-state index in [0.29, 0.717) is 0 Å². The van der Waals surface area contributed by atoms with Gasteiger partial charge in [0, 0.05) is 19.6 Å². The highest BCUT2D eigenvalue weighted by Gasteiger charge is 2.16. The van der Waals surface area contributed by atoms with Crippen LogP contribution in [0.25, 0.3) is 0 Å². The summed E-state index contributed by atoms with van der Waals surface area (Å²) in [6.45, 7) is 2.42. The molecule has 0 bridgehead atoms. The van der Waals surface area contributed by atoms with Gasteiger partial charge in [0.15, 0.2) is 0 Å². The molecule has 1 heterocycles. The summed E-state index contributed by atoms with van der Waals surface area (Å²) in [6, 6.07) is 8.03. The van der Waals surface area contributed by atoms with Crippen LogP contribution in [0.2, 0.25) is 0 Å². The maximum Gasteiger partial charge on any atom is 0.317 e. The zero-order valence-corrected chi connectivity index (χ0v) is 10.1. The summed E-state index contributed by atoms with van der Waals surface area (Å²) in [5.41, 5.74) is 1.20. The quantitative estimate of drug-likeness (QED) is 0.860. The minimum Gasteiger partial charge on any atom is -0.497 e. The SMILES string of the molecule is COc1cccc(CCN2CCCNC2=O)c1. The molecule has 4 nitrogen and oxygen atoms in total. The van der Waals surface area contributed by atoms with Crippen LogP contribution in [-0.2, 0) is 6.42 Å². The van der Waals surface area contributed by atoms with E-state index < -0.39 is 0 Å². The largest absolute Gasteiger partial charge is 0.497 e. The lowest BCUT2D eigenvalue weighted by Gasteiger charge is -2.27. The maximum atomic E-state index is 11.5. The van der Waals surface area contributed by atoms with Gasteiger partial charge >= 0.3 is 6.03 Å². The van der Waals surface area contributed by atoms with Gasteiger partial charge in [-0.1, -0.05) is 12.1 Å². The first-order valence-electron chi connectivity index (χ1n) is 5.95. The fourth-order valence-electron chi connectivity index (χ4n) is 1.98. The van der Waals surface area contributed by atoms with Gasteiger partial charge in [0.2, 0.25) is 0 Å². The molecule has 1 saturated heterocycles. The van der Waals surface area contributed by atoms with Gasteiger partial charge in [-0.3, -0.25) is 0 Å². The Morgan fingerprint density at radius 1 is 1.47 bits per heavy atom. The second-order valence-electron chi connectivity index (χ2n) is 4.17. The Hall–Kier alpha value is -1.71. The van der Waals surface area contributed by atoms with E-state index in [1.165, 1.54) is 5.56 Å². The number of rotatable bonds is 4. The van der Waals surface area contributed by atoms with Gasteiger partial charge in [0.1, 0.15) is 5.75 Å². The minimum atomic E-state index is 0.0548. The van der Waals surface area contributed by atoms with Gasteiger partial charge in [0.05, 0.1) is 7.11 Å². The van der Waals surface area contributed by atoms with Gasteiger partial charge in [0.25, 0.3) is 0 Å². The lowest BCUT2D eigenvalue weighted by molar-refractivity contribution is 0.187. The number of hydrogen-bond donors (Lipinski definition) is 1. The van der Waals surface area contributed by atoms with Crippen molar-refractivity contribution < 1.29 is 9.53 Å². The molecule has 1 aromatic carbocycles. The number of carbonyl (C=O) groups excluding carboxylic acids is 1. The molecule has 1 aromatic rings. The molecule has 4 heteroatoms. The van der Waals surface area contributed by atoms with Crippen molar-refractivity contribution in [3.05, 3.63) is 29.8 Å². The van der Waals surface area contributed by atoms with Gasteiger partial charge in [-0.15, -0.1) is 0 Å². The number of ether oxygens (including phenoxy) is 1. The number of amides is 2. The monoisotopic (exact) mass is 234 g/mol. The molecule has 1 aliphatic heterocycles. The highest BCUT2D eigenvalue weighted by atomic mass is 16.5. The summed E-state index contributed by atoms with van der Waals surface area (Å²) in [5.74, 6) is 0.866. The number of hydrogen-bond acceptors (Lipinski definition) is 2. The third kappa shape index (κ3) is 3.12. The average Bonchev–Trinajstić information content (AvgIpc) is 2.38. The molecule has 0 unspecified atom stereocenters. The molecular formula is C13H18N2O2. The van der Waals surface area contributed by atoms with Crippen LogP contribution in [-0.4, -0.2) is 37.7 Å². The Morgan fingerprint density at radius 2 is 2.35 bits per heavy atom. The normalized spacial score (nSPS) is 15.6. The lowest BCUT2D eigenvalue weighted by atomic mass is 10.1. The molecule has 1 N–H and O–H groups in total. The van der Waals surface area contributed by atoms with Gasteiger partial charge in [-0.2, -0.15) is 0 Å². The van der Waals surface area contributed by atoms with Crippen molar-refractivity contribution in [2.45, 2.75) is 12.8 Å². The number of benzene rings is 1. The minimum absolute atomic E-state index is 0.0548. The molecule has 92 valence electrons. The van der Waals surface area contributed by atoms with Crippen molar-refractivity contribution in [3.8, 4) is 5.75 Å². The molecule has 2 amide bonds. The van der Waals surface area contributed by atoms with E-state index in [2.05, 4.69) is 11.4 Å². The third-order valence-electron chi connectivity index (χ3n) is 2.97. The van der Waals surface area contributed by atoms with E-state index in [9.17, 15) is 4.79 Å².